The van der Waals surface area contributed by atoms with Crippen molar-refractivity contribution in [3.63, 3.8) is 0 Å². The van der Waals surface area contributed by atoms with E-state index < -0.39 is 5.91 Å². The zero-order chi connectivity index (χ0) is 14.2. The summed E-state index contributed by atoms with van der Waals surface area (Å²) in [6, 6.07) is 7.89. The predicted octanol–water partition coefficient (Wildman–Crippen LogP) is 5.07. The van der Waals surface area contributed by atoms with E-state index in [-0.39, 0.29) is 5.56 Å². The summed E-state index contributed by atoms with van der Waals surface area (Å²) < 4.78 is 0. The number of benzene rings is 2. The SMILES string of the molecule is NC(=O)c1cc(Cl)ccc1-c1cc(Cl)c(Cl)cc1Cl. The summed E-state index contributed by atoms with van der Waals surface area (Å²) in [6.45, 7) is 0. The summed E-state index contributed by atoms with van der Waals surface area (Å²) in [4.78, 5) is 11.5. The third kappa shape index (κ3) is 2.98. The van der Waals surface area contributed by atoms with Gasteiger partial charge in [0.25, 0.3) is 0 Å². The quantitative estimate of drug-likeness (QED) is 0.766. The fourth-order valence-corrected chi connectivity index (χ4v) is 2.50. The van der Waals surface area contributed by atoms with Gasteiger partial charge in [0, 0.05) is 16.1 Å². The standard InChI is InChI=1S/C13H7Cl4NO/c14-6-1-2-7(9(3-6)13(18)19)8-4-11(16)12(17)5-10(8)15/h1-5H,(H2,18,19). The molecule has 2 aromatic carbocycles. The first-order chi connectivity index (χ1) is 8.90. The first-order valence-corrected chi connectivity index (χ1v) is 6.65. The summed E-state index contributed by atoms with van der Waals surface area (Å²) in [5.74, 6) is -0.598. The lowest BCUT2D eigenvalue weighted by Gasteiger charge is -2.10. The summed E-state index contributed by atoms with van der Waals surface area (Å²) >= 11 is 23.8. The van der Waals surface area contributed by atoms with Crippen LogP contribution in [0.3, 0.4) is 0 Å². The molecular weight excluding hydrogens is 328 g/mol. The Morgan fingerprint density at radius 1 is 0.842 bits per heavy atom. The molecule has 98 valence electrons. The molecule has 0 unspecified atom stereocenters. The van der Waals surface area contributed by atoms with Crippen LogP contribution in [-0.2, 0) is 0 Å². The van der Waals surface area contributed by atoms with Crippen molar-refractivity contribution in [3.05, 3.63) is 56.0 Å². The second kappa shape index (κ2) is 5.59. The van der Waals surface area contributed by atoms with Crippen LogP contribution in [0.25, 0.3) is 11.1 Å². The Morgan fingerprint density at radius 3 is 2.11 bits per heavy atom. The summed E-state index contributed by atoms with van der Waals surface area (Å²) in [7, 11) is 0. The molecule has 0 saturated carbocycles. The molecule has 0 fully saturated rings. The smallest absolute Gasteiger partial charge is 0.249 e. The number of nitrogens with two attached hydrogens (primary N) is 1. The monoisotopic (exact) mass is 333 g/mol. The van der Waals surface area contributed by atoms with Crippen LogP contribution in [0.5, 0.6) is 0 Å². The van der Waals surface area contributed by atoms with E-state index in [0.717, 1.165) is 0 Å². The normalized spacial score (nSPS) is 10.5. The summed E-state index contributed by atoms with van der Waals surface area (Å²) in [5, 5.41) is 1.46. The van der Waals surface area contributed by atoms with Crippen LogP contribution in [-0.4, -0.2) is 5.91 Å². The van der Waals surface area contributed by atoms with Crippen LogP contribution in [0.1, 0.15) is 10.4 Å². The molecule has 0 bridgehead atoms. The molecule has 0 aliphatic heterocycles. The molecule has 0 spiro atoms. The molecule has 0 heterocycles. The van der Waals surface area contributed by atoms with Crippen molar-refractivity contribution in [2.75, 3.05) is 0 Å². The zero-order valence-corrected chi connectivity index (χ0v) is 12.4. The Balaban J connectivity index is 2.72. The van der Waals surface area contributed by atoms with Crippen LogP contribution < -0.4 is 5.73 Å². The lowest BCUT2D eigenvalue weighted by atomic mass is 9.99. The maximum absolute atomic E-state index is 11.5. The van der Waals surface area contributed by atoms with E-state index in [2.05, 4.69) is 0 Å². The number of hydrogen-bond donors (Lipinski definition) is 1. The molecular formula is C13H7Cl4NO. The molecule has 2 N–H and O–H groups in total. The second-order valence-corrected chi connectivity index (χ2v) is 5.46. The molecule has 19 heavy (non-hydrogen) atoms. The van der Waals surface area contributed by atoms with E-state index in [1.54, 1.807) is 18.2 Å². The van der Waals surface area contributed by atoms with Gasteiger partial charge in [-0.1, -0.05) is 52.5 Å². The minimum Gasteiger partial charge on any atom is -0.366 e. The van der Waals surface area contributed by atoms with Crippen molar-refractivity contribution in [3.8, 4) is 11.1 Å². The first kappa shape index (κ1) is 14.5. The molecule has 6 heteroatoms. The molecule has 1 amide bonds. The van der Waals surface area contributed by atoms with E-state index >= 15 is 0 Å². The maximum Gasteiger partial charge on any atom is 0.249 e. The molecule has 0 radical (unpaired) electrons. The number of carbonyl (C=O) groups is 1. The van der Waals surface area contributed by atoms with Gasteiger partial charge in [-0.3, -0.25) is 4.79 Å². The average Bonchev–Trinajstić information content (AvgIpc) is 2.34. The summed E-state index contributed by atoms with van der Waals surface area (Å²) in [5.41, 5.74) is 6.74. The van der Waals surface area contributed by atoms with Crippen molar-refractivity contribution < 1.29 is 4.79 Å². The number of carbonyl (C=O) groups excluding carboxylic acids is 1. The zero-order valence-electron chi connectivity index (χ0n) is 9.38. The second-order valence-electron chi connectivity index (χ2n) is 3.80. The van der Waals surface area contributed by atoms with Gasteiger partial charge in [0.2, 0.25) is 5.91 Å². The van der Waals surface area contributed by atoms with Gasteiger partial charge in [-0.05, 0) is 29.8 Å². The van der Waals surface area contributed by atoms with Crippen molar-refractivity contribution in [2.45, 2.75) is 0 Å². The van der Waals surface area contributed by atoms with Crippen LogP contribution >= 0.6 is 46.4 Å². The Labute approximate surface area is 130 Å². The molecule has 2 nitrogen and oxygen atoms in total. The lowest BCUT2D eigenvalue weighted by Crippen LogP contribution is -2.12. The Morgan fingerprint density at radius 2 is 1.47 bits per heavy atom. The van der Waals surface area contributed by atoms with E-state index in [1.807, 2.05) is 0 Å². The van der Waals surface area contributed by atoms with Gasteiger partial charge in [-0.15, -0.1) is 0 Å². The maximum atomic E-state index is 11.5. The predicted molar refractivity (Wildman–Crippen MR) is 80.4 cm³/mol. The minimum atomic E-state index is -0.598. The fraction of sp³-hybridized carbons (Fsp3) is 0. The molecule has 0 atom stereocenters. The van der Waals surface area contributed by atoms with Crippen LogP contribution in [0, 0.1) is 0 Å². The lowest BCUT2D eigenvalue weighted by molar-refractivity contribution is 0.100. The van der Waals surface area contributed by atoms with E-state index in [9.17, 15) is 4.79 Å². The van der Waals surface area contributed by atoms with Crippen LogP contribution in [0.2, 0.25) is 20.1 Å². The van der Waals surface area contributed by atoms with Gasteiger partial charge >= 0.3 is 0 Å². The topological polar surface area (TPSA) is 43.1 Å². The number of hydrogen-bond acceptors (Lipinski definition) is 1. The Bertz CT molecular complexity index is 670. The van der Waals surface area contributed by atoms with Gasteiger partial charge in [0.15, 0.2) is 0 Å². The van der Waals surface area contributed by atoms with E-state index in [0.29, 0.717) is 31.2 Å². The molecule has 0 saturated heterocycles. The van der Waals surface area contributed by atoms with Crippen molar-refractivity contribution in [1.29, 1.82) is 0 Å². The fourth-order valence-electron chi connectivity index (χ4n) is 1.68. The number of rotatable bonds is 2. The van der Waals surface area contributed by atoms with Crippen molar-refractivity contribution >= 4 is 52.3 Å². The highest BCUT2D eigenvalue weighted by molar-refractivity contribution is 6.44. The van der Waals surface area contributed by atoms with Crippen molar-refractivity contribution in [1.82, 2.24) is 0 Å². The molecule has 0 aliphatic carbocycles. The van der Waals surface area contributed by atoms with Gasteiger partial charge in [-0.25, -0.2) is 0 Å². The highest BCUT2D eigenvalue weighted by Crippen LogP contribution is 2.37. The van der Waals surface area contributed by atoms with Crippen molar-refractivity contribution in [2.24, 2.45) is 5.73 Å². The molecule has 0 aliphatic rings. The Hall–Kier alpha value is -0.930. The molecule has 2 aromatic rings. The average molecular weight is 335 g/mol. The van der Waals surface area contributed by atoms with Gasteiger partial charge in [0.1, 0.15) is 0 Å². The largest absolute Gasteiger partial charge is 0.366 e. The molecule has 2 rings (SSSR count). The van der Waals surface area contributed by atoms with Crippen LogP contribution in [0.4, 0.5) is 0 Å². The highest BCUT2D eigenvalue weighted by atomic mass is 35.5. The summed E-state index contributed by atoms with van der Waals surface area (Å²) in [6.07, 6.45) is 0. The van der Waals surface area contributed by atoms with Crippen LogP contribution in [0.15, 0.2) is 30.3 Å². The third-order valence-corrected chi connectivity index (χ3v) is 3.82. The number of halogens is 4. The van der Waals surface area contributed by atoms with E-state index in [4.69, 9.17) is 52.1 Å². The van der Waals surface area contributed by atoms with Gasteiger partial charge in [0.05, 0.1) is 15.1 Å². The van der Waals surface area contributed by atoms with E-state index in [1.165, 1.54) is 12.1 Å². The number of amides is 1. The highest BCUT2D eigenvalue weighted by Gasteiger charge is 2.15. The first-order valence-electron chi connectivity index (χ1n) is 5.14. The number of primary amides is 1. The Kier molecular flexibility index (Phi) is 4.26. The minimum absolute atomic E-state index is 0.271. The molecule has 0 aromatic heterocycles. The van der Waals surface area contributed by atoms with Gasteiger partial charge < -0.3 is 5.73 Å². The van der Waals surface area contributed by atoms with Gasteiger partial charge in [-0.2, -0.15) is 0 Å². The third-order valence-electron chi connectivity index (χ3n) is 2.55.